The number of carbonyl (C=O) groups excluding carboxylic acids is 2. The standard InChI is InChI=1S/C11H11NO3/c1-7(13)12-9-6-4-3-5-8(9)10(14)11(12)15-2/h3-6,11H,1-2H3/t11-/m1/s1. The van der Waals surface area contributed by atoms with Crippen LogP contribution in [0.25, 0.3) is 0 Å². The Kier molecular flexibility index (Phi) is 2.28. The number of nitrogens with zero attached hydrogens (tertiary/aromatic N) is 1. The number of Topliss-reactive ketones (excluding diaryl/α,β-unsaturated/α-hetero) is 1. The first-order valence-corrected chi connectivity index (χ1v) is 4.62. The van der Waals surface area contributed by atoms with E-state index in [1.54, 1.807) is 24.3 Å². The van der Waals surface area contributed by atoms with Crippen molar-refractivity contribution in [2.24, 2.45) is 0 Å². The molecule has 1 aliphatic heterocycles. The number of fused-ring (bicyclic) bond motifs is 1. The summed E-state index contributed by atoms with van der Waals surface area (Å²) in [5, 5.41) is 0. The minimum Gasteiger partial charge on any atom is -0.354 e. The maximum absolute atomic E-state index is 11.8. The Morgan fingerprint density at radius 2 is 2.07 bits per heavy atom. The fourth-order valence-corrected chi connectivity index (χ4v) is 1.82. The molecule has 0 radical (unpaired) electrons. The summed E-state index contributed by atoms with van der Waals surface area (Å²) in [5.41, 5.74) is 1.17. The Morgan fingerprint density at radius 3 is 2.67 bits per heavy atom. The van der Waals surface area contributed by atoms with Gasteiger partial charge in [0.2, 0.25) is 17.9 Å². The maximum Gasteiger partial charge on any atom is 0.226 e. The SMILES string of the molecule is CO[C@@H]1C(=O)c2ccccc2N1C(C)=O. The number of hydrogen-bond donors (Lipinski definition) is 0. The molecule has 0 N–H and O–H groups in total. The van der Waals surface area contributed by atoms with Gasteiger partial charge in [-0.3, -0.25) is 14.5 Å². The van der Waals surface area contributed by atoms with Gasteiger partial charge in [-0.05, 0) is 12.1 Å². The highest BCUT2D eigenvalue weighted by Crippen LogP contribution is 2.32. The second-order valence-electron chi connectivity index (χ2n) is 3.36. The lowest BCUT2D eigenvalue weighted by molar-refractivity contribution is -0.118. The second kappa shape index (κ2) is 3.47. The molecule has 1 atom stereocenters. The Labute approximate surface area is 87.4 Å². The molecule has 0 spiro atoms. The average Bonchev–Trinajstić information content (AvgIpc) is 2.52. The quantitative estimate of drug-likeness (QED) is 0.692. The number of methoxy groups -OCH3 is 1. The summed E-state index contributed by atoms with van der Waals surface area (Å²) in [7, 11) is 1.42. The Hall–Kier alpha value is -1.68. The van der Waals surface area contributed by atoms with E-state index in [1.165, 1.54) is 18.9 Å². The highest BCUT2D eigenvalue weighted by molar-refractivity contribution is 6.16. The number of ether oxygens (including phenoxy) is 1. The number of carbonyl (C=O) groups is 2. The number of rotatable bonds is 1. The normalized spacial score (nSPS) is 19.2. The van der Waals surface area contributed by atoms with Crippen molar-refractivity contribution in [1.82, 2.24) is 0 Å². The van der Waals surface area contributed by atoms with Crippen LogP contribution in [-0.4, -0.2) is 25.0 Å². The number of amides is 1. The third kappa shape index (κ3) is 1.34. The van der Waals surface area contributed by atoms with Crippen molar-refractivity contribution >= 4 is 17.4 Å². The topological polar surface area (TPSA) is 46.6 Å². The smallest absolute Gasteiger partial charge is 0.226 e. The van der Waals surface area contributed by atoms with Gasteiger partial charge in [0.1, 0.15) is 0 Å². The molecule has 15 heavy (non-hydrogen) atoms. The molecule has 0 unspecified atom stereocenters. The molecule has 1 aliphatic rings. The van der Waals surface area contributed by atoms with Gasteiger partial charge in [-0.15, -0.1) is 0 Å². The molecular weight excluding hydrogens is 194 g/mol. The number of anilines is 1. The van der Waals surface area contributed by atoms with E-state index in [2.05, 4.69) is 0 Å². The Balaban J connectivity index is 2.55. The zero-order chi connectivity index (χ0) is 11.0. The molecule has 0 saturated heterocycles. The van der Waals surface area contributed by atoms with Crippen molar-refractivity contribution in [3.05, 3.63) is 29.8 Å². The number of para-hydroxylation sites is 1. The van der Waals surface area contributed by atoms with Crippen molar-refractivity contribution in [3.63, 3.8) is 0 Å². The Morgan fingerprint density at radius 1 is 1.40 bits per heavy atom. The molecule has 0 bridgehead atoms. The van der Waals surface area contributed by atoms with Crippen molar-refractivity contribution in [2.45, 2.75) is 13.2 Å². The van der Waals surface area contributed by atoms with Crippen LogP contribution < -0.4 is 4.90 Å². The zero-order valence-corrected chi connectivity index (χ0v) is 8.56. The van der Waals surface area contributed by atoms with Crippen LogP contribution in [0.2, 0.25) is 0 Å². The van der Waals surface area contributed by atoms with Gasteiger partial charge in [-0.2, -0.15) is 0 Å². The average molecular weight is 205 g/mol. The summed E-state index contributed by atoms with van der Waals surface area (Å²) in [6, 6.07) is 7.01. The van der Waals surface area contributed by atoms with E-state index in [4.69, 9.17) is 4.74 Å². The van der Waals surface area contributed by atoms with Crippen LogP contribution in [0, 0.1) is 0 Å². The van der Waals surface area contributed by atoms with E-state index < -0.39 is 6.23 Å². The van der Waals surface area contributed by atoms with E-state index >= 15 is 0 Å². The van der Waals surface area contributed by atoms with Crippen LogP contribution in [0.5, 0.6) is 0 Å². The van der Waals surface area contributed by atoms with E-state index in [1.807, 2.05) is 0 Å². The van der Waals surface area contributed by atoms with E-state index in [-0.39, 0.29) is 11.7 Å². The summed E-state index contributed by atoms with van der Waals surface area (Å²) < 4.78 is 5.04. The van der Waals surface area contributed by atoms with Crippen LogP contribution in [-0.2, 0) is 9.53 Å². The van der Waals surface area contributed by atoms with Crippen LogP contribution in [0.4, 0.5) is 5.69 Å². The van der Waals surface area contributed by atoms with Gasteiger partial charge in [-0.1, -0.05) is 12.1 Å². The second-order valence-corrected chi connectivity index (χ2v) is 3.36. The van der Waals surface area contributed by atoms with Crippen molar-refractivity contribution in [3.8, 4) is 0 Å². The van der Waals surface area contributed by atoms with Gasteiger partial charge in [0.15, 0.2) is 0 Å². The molecule has 0 saturated carbocycles. The number of hydrogen-bond acceptors (Lipinski definition) is 3. The lowest BCUT2D eigenvalue weighted by Gasteiger charge is -2.20. The van der Waals surface area contributed by atoms with Gasteiger partial charge in [-0.25, -0.2) is 0 Å². The van der Waals surface area contributed by atoms with Crippen LogP contribution in [0.3, 0.4) is 0 Å². The first-order chi connectivity index (χ1) is 7.16. The van der Waals surface area contributed by atoms with Gasteiger partial charge >= 0.3 is 0 Å². The van der Waals surface area contributed by atoms with Gasteiger partial charge < -0.3 is 4.74 Å². The molecular formula is C11H11NO3. The molecule has 1 aromatic carbocycles. The summed E-state index contributed by atoms with van der Waals surface area (Å²) in [6.07, 6.45) is -0.806. The molecule has 0 aromatic heterocycles. The first kappa shape index (κ1) is 9.86. The van der Waals surface area contributed by atoms with Gasteiger partial charge in [0, 0.05) is 19.6 Å². The minimum absolute atomic E-state index is 0.164. The predicted octanol–water partition coefficient (Wildman–Crippen LogP) is 1.21. The molecule has 1 amide bonds. The molecule has 4 nitrogen and oxygen atoms in total. The van der Waals surface area contributed by atoms with E-state index in [0.29, 0.717) is 11.3 Å². The number of benzene rings is 1. The van der Waals surface area contributed by atoms with Crippen LogP contribution >= 0.6 is 0 Å². The molecule has 0 aliphatic carbocycles. The molecule has 2 rings (SSSR count). The lowest BCUT2D eigenvalue weighted by Crippen LogP contribution is -2.40. The first-order valence-electron chi connectivity index (χ1n) is 4.62. The zero-order valence-electron chi connectivity index (χ0n) is 8.56. The summed E-state index contributed by atoms with van der Waals surface area (Å²) in [4.78, 5) is 24.6. The van der Waals surface area contributed by atoms with E-state index in [0.717, 1.165) is 0 Å². The van der Waals surface area contributed by atoms with Crippen LogP contribution in [0.15, 0.2) is 24.3 Å². The largest absolute Gasteiger partial charge is 0.354 e. The molecule has 1 aromatic rings. The maximum atomic E-state index is 11.8. The van der Waals surface area contributed by atoms with Crippen LogP contribution in [0.1, 0.15) is 17.3 Å². The highest BCUT2D eigenvalue weighted by Gasteiger charge is 2.39. The van der Waals surface area contributed by atoms with Gasteiger partial charge in [0.25, 0.3) is 0 Å². The fourth-order valence-electron chi connectivity index (χ4n) is 1.82. The fraction of sp³-hybridized carbons (Fsp3) is 0.273. The summed E-state index contributed by atoms with van der Waals surface area (Å²) >= 11 is 0. The monoisotopic (exact) mass is 205 g/mol. The Bertz CT molecular complexity index is 428. The predicted molar refractivity (Wildman–Crippen MR) is 54.7 cm³/mol. The molecule has 4 heteroatoms. The van der Waals surface area contributed by atoms with Crippen molar-refractivity contribution in [2.75, 3.05) is 12.0 Å². The van der Waals surface area contributed by atoms with Gasteiger partial charge in [0.05, 0.1) is 5.69 Å². The summed E-state index contributed by atoms with van der Waals surface area (Å²) in [5.74, 6) is -0.358. The third-order valence-corrected chi connectivity index (χ3v) is 2.45. The molecule has 0 fully saturated rings. The highest BCUT2D eigenvalue weighted by atomic mass is 16.5. The van der Waals surface area contributed by atoms with E-state index in [9.17, 15) is 9.59 Å². The minimum atomic E-state index is -0.806. The third-order valence-electron chi connectivity index (χ3n) is 2.45. The lowest BCUT2D eigenvalue weighted by atomic mass is 10.1. The van der Waals surface area contributed by atoms with Crippen molar-refractivity contribution < 1.29 is 14.3 Å². The van der Waals surface area contributed by atoms with Crippen molar-refractivity contribution in [1.29, 1.82) is 0 Å². The molecule has 1 heterocycles. The number of ketones is 1. The summed E-state index contributed by atoms with van der Waals surface area (Å²) in [6.45, 7) is 1.42. The molecule has 78 valence electrons.